The number of ether oxygens (including phenoxy) is 1. The molecule has 0 aromatic heterocycles. The Morgan fingerprint density at radius 3 is 2.75 bits per heavy atom. The average molecular weight is 344 g/mol. The van der Waals surface area contributed by atoms with Crippen molar-refractivity contribution in [3.05, 3.63) is 63.7 Å². The molecule has 2 aromatic rings. The first kappa shape index (κ1) is 16.8. The fraction of sp³-hybridized carbons (Fsp3) is 0.350. The summed E-state index contributed by atoms with van der Waals surface area (Å²) in [4.78, 5) is 12.5. The summed E-state index contributed by atoms with van der Waals surface area (Å²) in [6.45, 7) is 4.45. The van der Waals surface area contributed by atoms with Gasteiger partial charge in [0.2, 0.25) is 0 Å². The molecular formula is C20H22ClNO2. The Labute approximate surface area is 148 Å². The van der Waals surface area contributed by atoms with Crippen molar-refractivity contribution in [2.75, 3.05) is 6.61 Å². The Kier molecular flexibility index (Phi) is 5.10. The number of hydrogen-bond donors (Lipinski definition) is 1. The fourth-order valence-electron chi connectivity index (χ4n) is 3.14. The molecule has 0 saturated carbocycles. The maximum atomic E-state index is 12.5. The molecule has 0 fully saturated rings. The summed E-state index contributed by atoms with van der Waals surface area (Å²) in [5.41, 5.74) is 4.53. The minimum Gasteiger partial charge on any atom is -0.492 e. The van der Waals surface area contributed by atoms with Gasteiger partial charge in [-0.3, -0.25) is 4.79 Å². The van der Waals surface area contributed by atoms with Crippen molar-refractivity contribution >= 4 is 17.5 Å². The van der Waals surface area contributed by atoms with Gasteiger partial charge in [0.15, 0.2) is 0 Å². The van der Waals surface area contributed by atoms with Gasteiger partial charge in [-0.2, -0.15) is 0 Å². The van der Waals surface area contributed by atoms with Crippen LogP contribution in [0.2, 0.25) is 5.02 Å². The minimum absolute atomic E-state index is 0.0475. The Balaban J connectivity index is 1.71. The third-order valence-electron chi connectivity index (χ3n) is 4.46. The van der Waals surface area contributed by atoms with E-state index in [1.807, 2.05) is 13.8 Å². The molecule has 0 heterocycles. The highest BCUT2D eigenvalue weighted by Crippen LogP contribution is 2.27. The third kappa shape index (κ3) is 3.57. The van der Waals surface area contributed by atoms with E-state index in [0.29, 0.717) is 22.9 Å². The van der Waals surface area contributed by atoms with Gasteiger partial charge in [-0.05, 0) is 68.0 Å². The molecule has 1 aliphatic carbocycles. The number of carbonyl (C=O) groups is 1. The Morgan fingerprint density at radius 2 is 2.00 bits per heavy atom. The topological polar surface area (TPSA) is 38.3 Å². The van der Waals surface area contributed by atoms with Crippen LogP contribution in [0.15, 0.2) is 36.4 Å². The van der Waals surface area contributed by atoms with Crippen LogP contribution in [0.3, 0.4) is 0 Å². The molecule has 4 heteroatoms. The van der Waals surface area contributed by atoms with Gasteiger partial charge in [0.1, 0.15) is 5.75 Å². The van der Waals surface area contributed by atoms with Crippen molar-refractivity contribution in [2.45, 2.75) is 39.2 Å². The number of benzene rings is 2. The van der Waals surface area contributed by atoms with Gasteiger partial charge < -0.3 is 10.1 Å². The molecule has 24 heavy (non-hydrogen) atoms. The molecule has 0 aliphatic heterocycles. The van der Waals surface area contributed by atoms with Crippen LogP contribution in [0, 0.1) is 0 Å². The third-order valence-corrected chi connectivity index (χ3v) is 4.76. The number of carbonyl (C=O) groups excluding carboxylic acids is 1. The summed E-state index contributed by atoms with van der Waals surface area (Å²) in [5.74, 6) is 0.468. The van der Waals surface area contributed by atoms with E-state index < -0.39 is 0 Å². The number of aryl methyl sites for hydroxylation is 2. The molecule has 0 unspecified atom stereocenters. The van der Waals surface area contributed by atoms with Gasteiger partial charge in [-0.25, -0.2) is 0 Å². The van der Waals surface area contributed by atoms with E-state index in [9.17, 15) is 4.79 Å². The second kappa shape index (κ2) is 7.27. The predicted molar refractivity (Wildman–Crippen MR) is 97.0 cm³/mol. The lowest BCUT2D eigenvalue weighted by Crippen LogP contribution is -2.26. The highest BCUT2D eigenvalue weighted by Gasteiger charge is 2.16. The largest absolute Gasteiger partial charge is 0.492 e. The van der Waals surface area contributed by atoms with E-state index in [-0.39, 0.29) is 11.9 Å². The van der Waals surface area contributed by atoms with E-state index in [1.54, 1.807) is 18.2 Å². The van der Waals surface area contributed by atoms with E-state index in [0.717, 1.165) is 12.0 Å². The average Bonchev–Trinajstić information content (AvgIpc) is 3.04. The molecular weight excluding hydrogens is 322 g/mol. The van der Waals surface area contributed by atoms with Crippen LogP contribution in [0.1, 0.15) is 53.4 Å². The molecule has 3 rings (SSSR count). The predicted octanol–water partition coefficient (Wildman–Crippen LogP) is 4.72. The molecule has 1 aliphatic rings. The summed E-state index contributed by atoms with van der Waals surface area (Å²) in [7, 11) is 0. The van der Waals surface area contributed by atoms with Crippen molar-refractivity contribution in [1.82, 2.24) is 5.32 Å². The summed E-state index contributed by atoms with van der Waals surface area (Å²) in [5, 5.41) is 3.50. The maximum Gasteiger partial charge on any atom is 0.251 e. The van der Waals surface area contributed by atoms with E-state index in [1.165, 1.54) is 24.0 Å². The Bertz CT molecular complexity index is 757. The normalized spacial score (nSPS) is 14.1. The lowest BCUT2D eigenvalue weighted by atomic mass is 10.0. The Hall–Kier alpha value is -2.00. The van der Waals surface area contributed by atoms with Gasteiger partial charge in [0.05, 0.1) is 17.7 Å². The summed E-state index contributed by atoms with van der Waals surface area (Å²) >= 11 is 6.16. The van der Waals surface area contributed by atoms with E-state index >= 15 is 0 Å². The van der Waals surface area contributed by atoms with Crippen molar-refractivity contribution in [2.24, 2.45) is 0 Å². The number of fused-ring (bicyclic) bond motifs is 1. The molecule has 0 bridgehead atoms. The Morgan fingerprint density at radius 1 is 1.21 bits per heavy atom. The summed E-state index contributed by atoms with van der Waals surface area (Å²) in [6.07, 6.45) is 3.53. The van der Waals surface area contributed by atoms with Crippen LogP contribution in [-0.4, -0.2) is 12.5 Å². The zero-order valence-electron chi connectivity index (χ0n) is 14.1. The first-order valence-electron chi connectivity index (χ1n) is 8.43. The van der Waals surface area contributed by atoms with Crippen LogP contribution in [0.4, 0.5) is 0 Å². The molecule has 1 atom stereocenters. The molecule has 2 aromatic carbocycles. The lowest BCUT2D eigenvalue weighted by molar-refractivity contribution is 0.0940. The number of halogens is 1. The molecule has 0 saturated heterocycles. The van der Waals surface area contributed by atoms with Crippen molar-refractivity contribution in [1.29, 1.82) is 0 Å². The van der Waals surface area contributed by atoms with Crippen LogP contribution in [-0.2, 0) is 12.8 Å². The lowest BCUT2D eigenvalue weighted by Gasteiger charge is -2.16. The van der Waals surface area contributed by atoms with E-state index in [4.69, 9.17) is 16.3 Å². The fourth-order valence-corrected chi connectivity index (χ4v) is 3.37. The second-order valence-corrected chi connectivity index (χ2v) is 6.56. The van der Waals surface area contributed by atoms with Gasteiger partial charge in [-0.15, -0.1) is 0 Å². The first-order valence-corrected chi connectivity index (χ1v) is 8.81. The number of nitrogens with one attached hydrogen (secondary N) is 1. The van der Waals surface area contributed by atoms with Crippen molar-refractivity contribution in [3.63, 3.8) is 0 Å². The van der Waals surface area contributed by atoms with Crippen LogP contribution >= 0.6 is 11.6 Å². The zero-order valence-corrected chi connectivity index (χ0v) is 14.8. The second-order valence-electron chi connectivity index (χ2n) is 6.16. The standard InChI is InChI=1S/C20H22ClNO2/c1-3-24-19-10-9-17(12-18(19)21)20(23)22-13(2)15-8-7-14-5-4-6-16(14)11-15/h7-13H,3-6H2,1-2H3,(H,22,23)/t13-/m0/s1. The van der Waals surface area contributed by atoms with Gasteiger partial charge in [-0.1, -0.05) is 29.8 Å². The van der Waals surface area contributed by atoms with Gasteiger partial charge in [0, 0.05) is 5.56 Å². The molecule has 1 N–H and O–H groups in total. The molecule has 0 radical (unpaired) electrons. The maximum absolute atomic E-state index is 12.5. The van der Waals surface area contributed by atoms with Crippen molar-refractivity contribution in [3.8, 4) is 5.75 Å². The van der Waals surface area contributed by atoms with Gasteiger partial charge >= 0.3 is 0 Å². The summed E-state index contributed by atoms with van der Waals surface area (Å²) < 4.78 is 5.40. The molecule has 3 nitrogen and oxygen atoms in total. The van der Waals surface area contributed by atoms with Gasteiger partial charge in [0.25, 0.3) is 5.91 Å². The number of hydrogen-bond acceptors (Lipinski definition) is 2. The molecule has 1 amide bonds. The molecule has 126 valence electrons. The summed E-state index contributed by atoms with van der Waals surface area (Å²) in [6, 6.07) is 11.6. The smallest absolute Gasteiger partial charge is 0.251 e. The quantitative estimate of drug-likeness (QED) is 0.853. The number of rotatable bonds is 5. The van der Waals surface area contributed by atoms with Crippen molar-refractivity contribution < 1.29 is 9.53 Å². The SMILES string of the molecule is CCOc1ccc(C(=O)N[C@@H](C)c2ccc3c(c2)CCC3)cc1Cl. The minimum atomic E-state index is -0.132. The molecule has 0 spiro atoms. The first-order chi connectivity index (χ1) is 11.6. The van der Waals surface area contributed by atoms with E-state index in [2.05, 4.69) is 23.5 Å². The van der Waals surface area contributed by atoms with Crippen LogP contribution < -0.4 is 10.1 Å². The highest BCUT2D eigenvalue weighted by atomic mass is 35.5. The van der Waals surface area contributed by atoms with Crippen LogP contribution in [0.25, 0.3) is 0 Å². The monoisotopic (exact) mass is 343 g/mol. The highest BCUT2D eigenvalue weighted by molar-refractivity contribution is 6.32. The van der Waals surface area contributed by atoms with Crippen LogP contribution in [0.5, 0.6) is 5.75 Å². The number of amides is 1. The zero-order chi connectivity index (χ0) is 17.1.